The zero-order chi connectivity index (χ0) is 24.3. The molecular weight excluding hydrogens is 452 g/mol. The molecule has 0 atom stereocenters. The fourth-order valence-electron chi connectivity index (χ4n) is 5.94. The van der Waals surface area contributed by atoms with Gasteiger partial charge in [-0.1, -0.05) is 37.2 Å². The molecule has 1 saturated carbocycles. The second kappa shape index (κ2) is 10.8. The Labute approximate surface area is 203 Å². The van der Waals surface area contributed by atoms with Crippen molar-refractivity contribution in [2.75, 3.05) is 20.2 Å². The van der Waals surface area contributed by atoms with Crippen LogP contribution in [0.4, 0.5) is 0 Å². The molecule has 0 unspecified atom stereocenters. The van der Waals surface area contributed by atoms with E-state index in [-0.39, 0.29) is 12.6 Å². The minimum absolute atomic E-state index is 0.141. The molecule has 0 bridgehead atoms. The van der Waals surface area contributed by atoms with Crippen molar-refractivity contribution in [1.29, 1.82) is 0 Å². The van der Waals surface area contributed by atoms with E-state index in [1.165, 1.54) is 32.8 Å². The largest absolute Gasteiger partial charge is 0.399 e. The van der Waals surface area contributed by atoms with Gasteiger partial charge >= 0.3 is 10.3 Å². The highest BCUT2D eigenvalue weighted by atomic mass is 32.2. The SMILES string of the molecule is CON=Cc1c(COS(N)(=O)=O)n(C2CCN(C3CCC(C(C)C)CC3)CC2)c2ccccc12. The van der Waals surface area contributed by atoms with Crippen molar-refractivity contribution in [1.82, 2.24) is 9.47 Å². The van der Waals surface area contributed by atoms with Crippen LogP contribution in [-0.2, 0) is 25.9 Å². The van der Waals surface area contributed by atoms with Gasteiger partial charge in [0.05, 0.1) is 11.9 Å². The first kappa shape index (κ1) is 25.2. The highest BCUT2D eigenvalue weighted by Crippen LogP contribution is 2.37. The van der Waals surface area contributed by atoms with E-state index in [4.69, 9.17) is 14.2 Å². The predicted molar refractivity (Wildman–Crippen MR) is 135 cm³/mol. The van der Waals surface area contributed by atoms with Gasteiger partial charge in [-0.3, -0.25) is 4.18 Å². The van der Waals surface area contributed by atoms with Crippen LogP contribution in [0.1, 0.15) is 69.7 Å². The molecule has 0 spiro atoms. The van der Waals surface area contributed by atoms with Crippen molar-refractivity contribution >= 4 is 27.4 Å². The van der Waals surface area contributed by atoms with Crippen LogP contribution in [0, 0.1) is 11.8 Å². The zero-order valence-corrected chi connectivity index (χ0v) is 21.3. The number of para-hydroxylation sites is 1. The minimum Gasteiger partial charge on any atom is -0.399 e. The first-order valence-corrected chi connectivity index (χ1v) is 13.8. The second-order valence-corrected chi connectivity index (χ2v) is 11.2. The predicted octanol–water partition coefficient (Wildman–Crippen LogP) is 4.19. The van der Waals surface area contributed by atoms with Gasteiger partial charge in [-0.25, -0.2) is 5.14 Å². The molecule has 2 aliphatic rings. The molecule has 1 saturated heterocycles. The maximum atomic E-state index is 11.6. The van der Waals surface area contributed by atoms with E-state index in [2.05, 4.69) is 34.5 Å². The summed E-state index contributed by atoms with van der Waals surface area (Å²) >= 11 is 0. The molecule has 8 nitrogen and oxygen atoms in total. The fourth-order valence-corrected chi connectivity index (χ4v) is 6.21. The maximum Gasteiger partial charge on any atom is 0.333 e. The van der Waals surface area contributed by atoms with Crippen LogP contribution in [0.3, 0.4) is 0 Å². The summed E-state index contributed by atoms with van der Waals surface area (Å²) in [5, 5.41) is 10.1. The Hall–Kier alpha value is -1.94. The van der Waals surface area contributed by atoms with Crippen LogP contribution in [-0.4, -0.2) is 50.3 Å². The van der Waals surface area contributed by atoms with Crippen LogP contribution in [0.25, 0.3) is 10.9 Å². The summed E-state index contributed by atoms with van der Waals surface area (Å²) in [6, 6.07) is 8.99. The Bertz CT molecular complexity index is 1100. The zero-order valence-electron chi connectivity index (χ0n) is 20.5. The summed E-state index contributed by atoms with van der Waals surface area (Å²) in [6.07, 6.45) is 8.90. The Morgan fingerprint density at radius 2 is 1.76 bits per heavy atom. The van der Waals surface area contributed by atoms with Gasteiger partial charge in [0.1, 0.15) is 13.7 Å². The number of hydrogen-bond acceptors (Lipinski definition) is 6. The van der Waals surface area contributed by atoms with E-state index in [1.807, 2.05) is 18.2 Å². The lowest BCUT2D eigenvalue weighted by molar-refractivity contribution is 0.0884. The number of oxime groups is 1. The maximum absolute atomic E-state index is 11.6. The van der Waals surface area contributed by atoms with E-state index in [1.54, 1.807) is 6.21 Å². The number of nitrogens with two attached hydrogens (primary N) is 1. The van der Waals surface area contributed by atoms with Crippen molar-refractivity contribution in [3.8, 4) is 0 Å². The molecule has 0 radical (unpaired) electrons. The number of likely N-dealkylation sites (tertiary alicyclic amines) is 1. The summed E-state index contributed by atoms with van der Waals surface area (Å²) in [7, 11) is -2.59. The number of nitrogens with zero attached hydrogens (tertiary/aromatic N) is 3. The summed E-state index contributed by atoms with van der Waals surface area (Å²) in [4.78, 5) is 7.60. The quantitative estimate of drug-likeness (QED) is 0.442. The normalized spacial score (nSPS) is 23.3. The second-order valence-electron chi connectivity index (χ2n) is 10.00. The molecule has 188 valence electrons. The van der Waals surface area contributed by atoms with Crippen molar-refractivity contribution in [3.63, 3.8) is 0 Å². The van der Waals surface area contributed by atoms with Crippen molar-refractivity contribution < 1.29 is 17.4 Å². The lowest BCUT2D eigenvalue weighted by Gasteiger charge is -2.42. The van der Waals surface area contributed by atoms with Gasteiger partial charge < -0.3 is 14.3 Å². The number of rotatable bonds is 8. The van der Waals surface area contributed by atoms with Crippen molar-refractivity contribution in [2.45, 2.75) is 71.1 Å². The van der Waals surface area contributed by atoms with Crippen LogP contribution < -0.4 is 5.14 Å². The summed E-state index contributed by atoms with van der Waals surface area (Å²) in [5.41, 5.74) is 2.60. The molecule has 2 N–H and O–H groups in total. The monoisotopic (exact) mass is 490 g/mol. The molecule has 1 aromatic heterocycles. The molecular formula is C25H38N4O4S. The lowest BCUT2D eigenvalue weighted by Crippen LogP contribution is -2.44. The number of hydrogen-bond donors (Lipinski definition) is 1. The van der Waals surface area contributed by atoms with Gasteiger partial charge in [0, 0.05) is 41.6 Å². The molecule has 0 amide bonds. The van der Waals surface area contributed by atoms with Gasteiger partial charge in [-0.15, -0.1) is 0 Å². The average Bonchev–Trinajstić information content (AvgIpc) is 3.14. The number of aromatic nitrogens is 1. The van der Waals surface area contributed by atoms with E-state index < -0.39 is 10.3 Å². The Morgan fingerprint density at radius 1 is 1.09 bits per heavy atom. The number of benzene rings is 1. The highest BCUT2D eigenvalue weighted by molar-refractivity contribution is 7.84. The standard InChI is InChI=1S/C25H38N4O4S/c1-18(2)19-8-10-20(11-9-19)28-14-12-21(13-15-28)29-24-7-5-4-6-22(24)23(16-27-32-3)25(29)17-33-34(26,30)31/h4-7,16,18-21H,8-15,17H2,1-3H3,(H2,26,30,31). The van der Waals surface area contributed by atoms with Crippen LogP contribution >= 0.6 is 0 Å². The Kier molecular flexibility index (Phi) is 7.97. The van der Waals surface area contributed by atoms with E-state index in [0.29, 0.717) is 6.04 Å². The van der Waals surface area contributed by atoms with Crippen molar-refractivity contribution in [3.05, 3.63) is 35.5 Å². The van der Waals surface area contributed by atoms with Gasteiger partial charge in [0.2, 0.25) is 0 Å². The first-order chi connectivity index (χ1) is 16.3. The third-order valence-corrected chi connectivity index (χ3v) is 8.21. The van der Waals surface area contributed by atoms with Gasteiger partial charge in [-0.2, -0.15) is 8.42 Å². The molecule has 34 heavy (non-hydrogen) atoms. The third kappa shape index (κ3) is 5.64. The van der Waals surface area contributed by atoms with Crippen LogP contribution in [0.15, 0.2) is 29.4 Å². The Balaban J connectivity index is 1.57. The fraction of sp³-hybridized carbons (Fsp3) is 0.640. The molecule has 9 heteroatoms. The number of piperidine rings is 1. The van der Waals surface area contributed by atoms with E-state index in [0.717, 1.165) is 59.9 Å². The summed E-state index contributed by atoms with van der Waals surface area (Å²) in [6.45, 7) is 6.65. The smallest absolute Gasteiger partial charge is 0.333 e. The van der Waals surface area contributed by atoms with Gasteiger partial charge in [0.25, 0.3) is 0 Å². The molecule has 4 rings (SSSR count). The molecule has 2 fully saturated rings. The summed E-state index contributed by atoms with van der Waals surface area (Å²) < 4.78 is 30.5. The molecule has 1 aliphatic heterocycles. The molecule has 2 heterocycles. The molecule has 2 aromatic rings. The first-order valence-electron chi connectivity index (χ1n) is 12.4. The highest BCUT2D eigenvalue weighted by Gasteiger charge is 2.32. The van der Waals surface area contributed by atoms with Crippen LogP contribution in [0.2, 0.25) is 0 Å². The topological polar surface area (TPSA) is 99.1 Å². The van der Waals surface area contributed by atoms with E-state index >= 15 is 0 Å². The molecule has 1 aromatic carbocycles. The van der Waals surface area contributed by atoms with E-state index in [9.17, 15) is 8.42 Å². The number of fused-ring (bicyclic) bond motifs is 1. The van der Waals surface area contributed by atoms with Crippen LogP contribution in [0.5, 0.6) is 0 Å². The minimum atomic E-state index is -4.08. The lowest BCUT2D eigenvalue weighted by atomic mass is 9.79. The van der Waals surface area contributed by atoms with Gasteiger partial charge in [0.15, 0.2) is 0 Å². The Morgan fingerprint density at radius 3 is 2.38 bits per heavy atom. The molecule has 1 aliphatic carbocycles. The average molecular weight is 491 g/mol. The van der Waals surface area contributed by atoms with Crippen molar-refractivity contribution in [2.24, 2.45) is 22.1 Å². The van der Waals surface area contributed by atoms with Gasteiger partial charge in [-0.05, 0) is 56.4 Å². The third-order valence-electron chi connectivity index (χ3n) is 7.77. The summed E-state index contributed by atoms with van der Waals surface area (Å²) in [5.74, 6) is 1.65.